The maximum atomic E-state index is 6.23. The number of anilines is 1. The van der Waals surface area contributed by atoms with E-state index in [4.69, 9.17) is 4.74 Å². The van der Waals surface area contributed by atoms with Crippen LogP contribution in [0.3, 0.4) is 0 Å². The lowest BCUT2D eigenvalue weighted by molar-refractivity contribution is 0.225. The number of nitrogens with zero attached hydrogens (tertiary/aromatic N) is 3. The van der Waals surface area contributed by atoms with Gasteiger partial charge in [0.25, 0.3) is 0 Å². The number of benzene rings is 2. The number of ether oxygens (including phenoxy) is 1. The maximum absolute atomic E-state index is 6.23. The molecule has 0 spiro atoms. The van der Waals surface area contributed by atoms with Crippen LogP contribution in [0, 0.1) is 0 Å². The Morgan fingerprint density at radius 2 is 1.96 bits per heavy atom. The Balaban J connectivity index is 1.83. The van der Waals surface area contributed by atoms with Crippen molar-refractivity contribution in [2.75, 3.05) is 11.6 Å². The number of aromatic nitrogens is 3. The van der Waals surface area contributed by atoms with E-state index >= 15 is 0 Å². The molecule has 3 aromatic rings. The van der Waals surface area contributed by atoms with Crippen LogP contribution in [-0.4, -0.2) is 21.4 Å². The van der Waals surface area contributed by atoms with Gasteiger partial charge in [-0.05, 0) is 36.4 Å². The number of hydrogen-bond acceptors (Lipinski definition) is 6. The molecule has 0 radical (unpaired) electrons. The number of aryl methyl sites for hydroxylation is 1. The number of nitrogens with one attached hydrogen (secondary N) is 1. The van der Waals surface area contributed by atoms with Gasteiger partial charge in [0.2, 0.25) is 11.0 Å². The summed E-state index contributed by atoms with van der Waals surface area (Å²) in [5.74, 6) is 0.485. The fraction of sp³-hybridized carbons (Fsp3) is 0.211. The van der Waals surface area contributed by atoms with E-state index in [2.05, 4.69) is 67.6 Å². The lowest BCUT2D eigenvalue weighted by atomic mass is 10.1. The summed E-state index contributed by atoms with van der Waals surface area (Å²) in [6.45, 7) is 2.15. The number of halogens is 1. The van der Waals surface area contributed by atoms with E-state index in [9.17, 15) is 0 Å². The first-order valence-corrected chi connectivity index (χ1v) is 10.3. The lowest BCUT2D eigenvalue weighted by Crippen LogP contribution is -2.17. The summed E-state index contributed by atoms with van der Waals surface area (Å²) in [6.07, 6.45) is 2.57. The van der Waals surface area contributed by atoms with Crippen LogP contribution < -0.4 is 10.1 Å². The van der Waals surface area contributed by atoms with Crippen molar-refractivity contribution in [2.24, 2.45) is 0 Å². The van der Waals surface area contributed by atoms with Crippen molar-refractivity contribution in [3.63, 3.8) is 0 Å². The molecule has 1 aromatic heterocycles. The van der Waals surface area contributed by atoms with Crippen LogP contribution in [0.4, 0.5) is 5.69 Å². The van der Waals surface area contributed by atoms with Gasteiger partial charge >= 0.3 is 0 Å². The highest BCUT2D eigenvalue weighted by atomic mass is 79.9. The van der Waals surface area contributed by atoms with Gasteiger partial charge in [-0.2, -0.15) is 4.98 Å². The second kappa shape index (κ2) is 7.25. The molecule has 26 heavy (non-hydrogen) atoms. The zero-order valence-corrected chi connectivity index (χ0v) is 16.8. The Morgan fingerprint density at radius 3 is 2.69 bits per heavy atom. The summed E-state index contributed by atoms with van der Waals surface area (Å²) in [5, 5.41) is 12.6. The van der Waals surface area contributed by atoms with Gasteiger partial charge in [0.05, 0.1) is 0 Å². The normalized spacial score (nSPS) is 15.3. The van der Waals surface area contributed by atoms with E-state index in [1.54, 1.807) is 0 Å². The molecular formula is C19H17BrN4OS. The molecule has 1 aliphatic heterocycles. The van der Waals surface area contributed by atoms with E-state index in [0.29, 0.717) is 16.7 Å². The SMILES string of the molecule is CCc1ccc([C@@H]2Nc3ccc(Br)cc3-c3nnc(SC)nc3O2)cc1. The molecule has 5 nitrogen and oxygen atoms in total. The zero-order chi connectivity index (χ0) is 18.1. The van der Waals surface area contributed by atoms with Gasteiger partial charge in [-0.3, -0.25) is 0 Å². The van der Waals surface area contributed by atoms with Gasteiger partial charge in [0, 0.05) is 21.3 Å². The minimum absolute atomic E-state index is 0.353. The molecule has 0 fully saturated rings. The van der Waals surface area contributed by atoms with E-state index in [1.165, 1.54) is 17.3 Å². The first kappa shape index (κ1) is 17.3. The summed E-state index contributed by atoms with van der Waals surface area (Å²) in [5.41, 5.74) is 4.81. The Morgan fingerprint density at radius 1 is 1.15 bits per heavy atom. The Kier molecular flexibility index (Phi) is 4.82. The second-order valence-corrected chi connectivity index (χ2v) is 7.57. The summed E-state index contributed by atoms with van der Waals surface area (Å²) in [6, 6.07) is 14.4. The average Bonchev–Trinajstić information content (AvgIpc) is 2.84. The Bertz CT molecular complexity index is 949. The van der Waals surface area contributed by atoms with Crippen LogP contribution in [0.5, 0.6) is 5.88 Å². The maximum Gasteiger partial charge on any atom is 0.247 e. The average molecular weight is 429 g/mol. The van der Waals surface area contributed by atoms with Gasteiger partial charge in [0.1, 0.15) is 0 Å². The molecule has 1 N–H and O–H groups in total. The molecular weight excluding hydrogens is 412 g/mol. The molecule has 2 aromatic carbocycles. The molecule has 0 unspecified atom stereocenters. The third kappa shape index (κ3) is 3.29. The topological polar surface area (TPSA) is 59.9 Å². The van der Waals surface area contributed by atoms with Crippen LogP contribution in [0.25, 0.3) is 11.3 Å². The van der Waals surface area contributed by atoms with Gasteiger partial charge in [-0.25, -0.2) is 0 Å². The standard InChI is InChI=1S/C19H17BrN4OS/c1-3-11-4-6-12(7-5-11)17-21-15-9-8-13(20)10-14(15)16-18(25-17)22-19(26-2)24-23-16/h4-10,17,21H,3H2,1-2H3/t17-/m1/s1. The van der Waals surface area contributed by atoms with Gasteiger partial charge in [-0.15, -0.1) is 10.2 Å². The summed E-state index contributed by atoms with van der Waals surface area (Å²) >= 11 is 4.97. The van der Waals surface area contributed by atoms with Crippen LogP contribution in [0.1, 0.15) is 24.3 Å². The molecule has 1 atom stereocenters. The van der Waals surface area contributed by atoms with Crippen LogP contribution in [0.2, 0.25) is 0 Å². The van der Waals surface area contributed by atoms with Gasteiger partial charge in [0.15, 0.2) is 11.9 Å². The molecule has 0 saturated carbocycles. The van der Waals surface area contributed by atoms with Crippen molar-refractivity contribution in [2.45, 2.75) is 24.7 Å². The highest BCUT2D eigenvalue weighted by Gasteiger charge is 2.26. The molecule has 4 rings (SSSR count). The van der Waals surface area contributed by atoms with Crippen molar-refractivity contribution < 1.29 is 4.74 Å². The van der Waals surface area contributed by atoms with E-state index in [1.807, 2.05) is 24.5 Å². The largest absolute Gasteiger partial charge is 0.448 e. The third-order valence-corrected chi connectivity index (χ3v) is 5.29. The number of hydrogen-bond donors (Lipinski definition) is 1. The highest BCUT2D eigenvalue weighted by Crippen LogP contribution is 2.40. The summed E-state index contributed by atoms with van der Waals surface area (Å²) in [7, 11) is 0. The number of rotatable bonds is 3. The van der Waals surface area contributed by atoms with Gasteiger partial charge < -0.3 is 10.1 Å². The van der Waals surface area contributed by atoms with Crippen molar-refractivity contribution in [1.82, 2.24) is 15.2 Å². The van der Waals surface area contributed by atoms with E-state index < -0.39 is 0 Å². The molecule has 0 saturated heterocycles. The molecule has 0 aliphatic carbocycles. The number of fused-ring (bicyclic) bond motifs is 3. The van der Waals surface area contributed by atoms with Crippen LogP contribution in [0.15, 0.2) is 52.1 Å². The van der Waals surface area contributed by atoms with E-state index in [-0.39, 0.29) is 6.23 Å². The summed E-state index contributed by atoms with van der Waals surface area (Å²) in [4.78, 5) is 4.54. The Labute approximate surface area is 164 Å². The van der Waals surface area contributed by atoms with Crippen LogP contribution in [-0.2, 0) is 6.42 Å². The Hall–Kier alpha value is -2.12. The quantitative estimate of drug-likeness (QED) is 0.586. The summed E-state index contributed by atoms with van der Waals surface area (Å²) < 4.78 is 7.19. The minimum Gasteiger partial charge on any atom is -0.448 e. The second-order valence-electron chi connectivity index (χ2n) is 5.88. The lowest BCUT2D eigenvalue weighted by Gasteiger charge is -2.19. The first-order chi connectivity index (χ1) is 12.7. The molecule has 2 heterocycles. The first-order valence-electron chi connectivity index (χ1n) is 8.28. The molecule has 0 amide bonds. The fourth-order valence-corrected chi connectivity index (χ4v) is 3.49. The third-order valence-electron chi connectivity index (χ3n) is 4.26. The smallest absolute Gasteiger partial charge is 0.247 e. The van der Waals surface area contributed by atoms with Crippen molar-refractivity contribution in [3.05, 3.63) is 58.1 Å². The molecule has 0 bridgehead atoms. The predicted octanol–water partition coefficient (Wildman–Crippen LogP) is 5.09. The van der Waals surface area contributed by atoms with Crippen molar-refractivity contribution in [3.8, 4) is 17.1 Å². The molecule has 7 heteroatoms. The number of thioether (sulfide) groups is 1. The predicted molar refractivity (Wildman–Crippen MR) is 108 cm³/mol. The zero-order valence-electron chi connectivity index (χ0n) is 14.4. The molecule has 132 valence electrons. The minimum atomic E-state index is -0.353. The fourth-order valence-electron chi connectivity index (χ4n) is 2.84. The highest BCUT2D eigenvalue weighted by molar-refractivity contribution is 9.10. The van der Waals surface area contributed by atoms with Gasteiger partial charge in [-0.1, -0.05) is 58.9 Å². The van der Waals surface area contributed by atoms with Crippen LogP contribution >= 0.6 is 27.7 Å². The monoisotopic (exact) mass is 428 g/mol. The van der Waals surface area contributed by atoms with E-state index in [0.717, 1.165) is 27.7 Å². The van der Waals surface area contributed by atoms with Crippen molar-refractivity contribution in [1.29, 1.82) is 0 Å². The molecule has 1 aliphatic rings. The van der Waals surface area contributed by atoms with Crippen molar-refractivity contribution >= 4 is 33.4 Å².